The second-order valence-corrected chi connectivity index (χ2v) is 6.04. The van der Waals surface area contributed by atoms with Crippen molar-refractivity contribution in [2.75, 3.05) is 7.05 Å². The first-order valence-electron chi connectivity index (χ1n) is 5.57. The van der Waals surface area contributed by atoms with Crippen LogP contribution in [-0.4, -0.2) is 7.05 Å². The van der Waals surface area contributed by atoms with E-state index in [1.165, 1.54) is 27.1 Å². The minimum Gasteiger partial charge on any atom is -0.312 e. The third kappa shape index (κ3) is 3.05. The summed E-state index contributed by atoms with van der Waals surface area (Å²) in [5, 5.41) is 3.45. The van der Waals surface area contributed by atoms with Crippen molar-refractivity contribution in [3.8, 4) is 0 Å². The summed E-state index contributed by atoms with van der Waals surface area (Å²) in [6.07, 6.45) is 2.47. The van der Waals surface area contributed by atoms with E-state index < -0.39 is 0 Å². The van der Waals surface area contributed by atoms with Crippen LogP contribution in [0.15, 0.2) is 10.5 Å². The zero-order valence-corrected chi connectivity index (χ0v) is 12.3. The predicted molar refractivity (Wildman–Crippen MR) is 72.6 cm³/mol. The molecule has 3 heteroatoms. The van der Waals surface area contributed by atoms with E-state index in [4.69, 9.17) is 0 Å². The molecule has 0 spiro atoms. The van der Waals surface area contributed by atoms with Crippen LogP contribution in [0.2, 0.25) is 0 Å². The summed E-state index contributed by atoms with van der Waals surface area (Å²) in [4.78, 5) is 2.83. The van der Waals surface area contributed by atoms with Crippen LogP contribution in [0.4, 0.5) is 0 Å². The summed E-state index contributed by atoms with van der Waals surface area (Å²) in [6, 6.07) is 2.77. The summed E-state index contributed by atoms with van der Waals surface area (Å²) in [7, 11) is 2.06. The van der Waals surface area contributed by atoms with Crippen molar-refractivity contribution >= 4 is 27.3 Å². The van der Waals surface area contributed by atoms with Gasteiger partial charge in [0.15, 0.2) is 0 Å². The standard InChI is InChI=1S/C12H20BrNS/c1-5-9(6-2)12(14-4)11-7-10(13)8(3)15-11/h7,9,12,14H,5-6H2,1-4H3. The van der Waals surface area contributed by atoms with Gasteiger partial charge in [-0.2, -0.15) is 0 Å². The molecule has 0 amide bonds. The maximum atomic E-state index is 3.59. The number of halogens is 1. The lowest BCUT2D eigenvalue weighted by atomic mass is 9.93. The van der Waals surface area contributed by atoms with Crippen LogP contribution >= 0.6 is 27.3 Å². The Balaban J connectivity index is 2.91. The van der Waals surface area contributed by atoms with Crippen molar-refractivity contribution in [2.24, 2.45) is 5.92 Å². The lowest BCUT2D eigenvalue weighted by molar-refractivity contribution is 0.364. The first-order chi connectivity index (χ1) is 7.13. The molecule has 0 aliphatic carbocycles. The Hall–Kier alpha value is 0.140. The molecule has 1 unspecified atom stereocenters. The number of nitrogens with one attached hydrogen (secondary N) is 1. The summed E-state index contributed by atoms with van der Waals surface area (Å²) in [5.41, 5.74) is 0. The van der Waals surface area contributed by atoms with E-state index in [1.807, 2.05) is 11.3 Å². The van der Waals surface area contributed by atoms with E-state index in [0.29, 0.717) is 6.04 Å². The first kappa shape index (κ1) is 13.2. The Morgan fingerprint density at radius 2 is 2.00 bits per heavy atom. The van der Waals surface area contributed by atoms with Crippen LogP contribution in [-0.2, 0) is 0 Å². The first-order valence-corrected chi connectivity index (χ1v) is 7.18. The van der Waals surface area contributed by atoms with Gasteiger partial charge in [-0.25, -0.2) is 0 Å². The van der Waals surface area contributed by atoms with Gasteiger partial charge in [0.2, 0.25) is 0 Å². The largest absolute Gasteiger partial charge is 0.312 e. The average Bonchev–Trinajstić information content (AvgIpc) is 2.55. The van der Waals surface area contributed by atoms with E-state index in [-0.39, 0.29) is 0 Å². The van der Waals surface area contributed by atoms with Gasteiger partial charge in [0.25, 0.3) is 0 Å². The van der Waals surface area contributed by atoms with Crippen molar-refractivity contribution in [3.05, 3.63) is 20.3 Å². The molecule has 0 aliphatic rings. The topological polar surface area (TPSA) is 12.0 Å². The molecular weight excluding hydrogens is 270 g/mol. The molecular formula is C12H20BrNS. The molecule has 0 saturated heterocycles. The minimum absolute atomic E-state index is 0.509. The number of hydrogen-bond acceptors (Lipinski definition) is 2. The minimum atomic E-state index is 0.509. The second-order valence-electron chi connectivity index (χ2n) is 3.90. The maximum Gasteiger partial charge on any atom is 0.0441 e. The van der Waals surface area contributed by atoms with Crippen molar-refractivity contribution in [3.63, 3.8) is 0 Å². The molecule has 1 N–H and O–H groups in total. The van der Waals surface area contributed by atoms with Crippen LogP contribution in [0.3, 0.4) is 0 Å². The van der Waals surface area contributed by atoms with Gasteiger partial charge in [-0.3, -0.25) is 0 Å². The van der Waals surface area contributed by atoms with Crippen LogP contribution in [0, 0.1) is 12.8 Å². The van der Waals surface area contributed by atoms with Crippen LogP contribution < -0.4 is 5.32 Å². The fourth-order valence-electron chi connectivity index (χ4n) is 2.01. The SMILES string of the molecule is CCC(CC)C(NC)c1cc(Br)c(C)s1. The van der Waals surface area contributed by atoms with Crippen LogP contribution in [0.25, 0.3) is 0 Å². The van der Waals surface area contributed by atoms with Gasteiger partial charge in [0, 0.05) is 20.3 Å². The molecule has 15 heavy (non-hydrogen) atoms. The van der Waals surface area contributed by atoms with Gasteiger partial charge in [0.1, 0.15) is 0 Å². The van der Waals surface area contributed by atoms with E-state index in [2.05, 4.69) is 55.1 Å². The summed E-state index contributed by atoms with van der Waals surface area (Å²) < 4.78 is 1.24. The van der Waals surface area contributed by atoms with E-state index >= 15 is 0 Å². The molecule has 0 saturated carbocycles. The van der Waals surface area contributed by atoms with Gasteiger partial charge < -0.3 is 5.32 Å². The Labute approximate surface area is 105 Å². The smallest absolute Gasteiger partial charge is 0.0441 e. The third-order valence-electron chi connectivity index (χ3n) is 3.01. The van der Waals surface area contributed by atoms with Gasteiger partial charge >= 0.3 is 0 Å². The predicted octanol–water partition coefficient (Wildman–Crippen LogP) is 4.52. The maximum absolute atomic E-state index is 3.59. The molecule has 1 nitrogen and oxygen atoms in total. The molecule has 0 fully saturated rings. The monoisotopic (exact) mass is 289 g/mol. The number of thiophene rings is 1. The highest BCUT2D eigenvalue weighted by molar-refractivity contribution is 9.10. The summed E-state index contributed by atoms with van der Waals surface area (Å²) in [6.45, 7) is 6.71. The zero-order valence-electron chi connectivity index (χ0n) is 9.93. The molecule has 1 aromatic heterocycles. The van der Waals surface area contributed by atoms with Crippen molar-refractivity contribution in [1.29, 1.82) is 0 Å². The highest BCUT2D eigenvalue weighted by Gasteiger charge is 2.20. The molecule has 1 heterocycles. The normalized spacial score (nSPS) is 13.5. The Morgan fingerprint density at radius 3 is 2.33 bits per heavy atom. The fourth-order valence-corrected chi connectivity index (χ4v) is 3.77. The molecule has 0 aromatic carbocycles. The van der Waals surface area contributed by atoms with Gasteiger partial charge in [0.05, 0.1) is 0 Å². The summed E-state index contributed by atoms with van der Waals surface area (Å²) in [5.74, 6) is 0.736. The number of aryl methyl sites for hydroxylation is 1. The highest BCUT2D eigenvalue weighted by atomic mass is 79.9. The second kappa shape index (κ2) is 6.02. The lowest BCUT2D eigenvalue weighted by Crippen LogP contribution is -2.23. The van der Waals surface area contributed by atoms with Crippen molar-refractivity contribution in [1.82, 2.24) is 5.32 Å². The van der Waals surface area contributed by atoms with Crippen LogP contribution in [0.5, 0.6) is 0 Å². The molecule has 1 aromatic rings. The van der Waals surface area contributed by atoms with E-state index in [1.54, 1.807) is 0 Å². The van der Waals surface area contributed by atoms with Gasteiger partial charge in [-0.1, -0.05) is 26.7 Å². The molecule has 0 bridgehead atoms. The number of rotatable bonds is 5. The van der Waals surface area contributed by atoms with Crippen LogP contribution in [0.1, 0.15) is 42.5 Å². The Bertz CT molecular complexity index is 285. The Morgan fingerprint density at radius 1 is 1.40 bits per heavy atom. The highest BCUT2D eigenvalue weighted by Crippen LogP contribution is 2.35. The van der Waals surface area contributed by atoms with E-state index in [0.717, 1.165) is 5.92 Å². The molecule has 1 rings (SSSR count). The summed E-state index contributed by atoms with van der Waals surface area (Å²) >= 11 is 5.49. The average molecular weight is 290 g/mol. The number of hydrogen-bond donors (Lipinski definition) is 1. The molecule has 86 valence electrons. The Kier molecular flexibility index (Phi) is 5.30. The molecule has 0 radical (unpaired) electrons. The molecule has 1 atom stereocenters. The van der Waals surface area contributed by atoms with Gasteiger partial charge in [-0.15, -0.1) is 11.3 Å². The van der Waals surface area contributed by atoms with E-state index in [9.17, 15) is 0 Å². The van der Waals surface area contributed by atoms with Gasteiger partial charge in [-0.05, 0) is 41.9 Å². The lowest BCUT2D eigenvalue weighted by Gasteiger charge is -2.23. The quantitative estimate of drug-likeness (QED) is 0.841. The van der Waals surface area contributed by atoms with Crippen molar-refractivity contribution < 1.29 is 0 Å². The fraction of sp³-hybridized carbons (Fsp3) is 0.667. The zero-order chi connectivity index (χ0) is 11.4. The molecule has 0 aliphatic heterocycles. The third-order valence-corrected chi connectivity index (χ3v) is 5.23. The van der Waals surface area contributed by atoms with Crippen molar-refractivity contribution in [2.45, 2.75) is 39.7 Å².